The average molecular weight is 758 g/mol. The molecular weight excluding hydrogens is 718 g/mol. The molecular formula is C36H39F4N7O7. The zero-order valence-corrected chi connectivity index (χ0v) is 30.7. The van der Waals surface area contributed by atoms with E-state index in [4.69, 9.17) is 9.47 Å². The number of aromatic nitrogens is 4. The number of nitro benzene ring substituents is 1. The highest BCUT2D eigenvalue weighted by Crippen LogP contribution is 2.43. The number of carbonyl (C=O) groups is 1. The van der Waals surface area contributed by atoms with Crippen molar-refractivity contribution in [2.75, 3.05) is 31.1 Å². The average Bonchev–Trinajstić information content (AvgIpc) is 3.27. The van der Waals surface area contributed by atoms with Crippen LogP contribution in [0.2, 0.25) is 0 Å². The molecule has 1 atom stereocenters. The molecule has 0 spiro atoms. The maximum Gasteiger partial charge on any atom is 0.431 e. The third kappa shape index (κ3) is 6.61. The van der Waals surface area contributed by atoms with Gasteiger partial charge in [-0.15, -0.1) is 0 Å². The van der Waals surface area contributed by atoms with Gasteiger partial charge in [0, 0.05) is 37.5 Å². The largest absolute Gasteiger partial charge is 0.486 e. The lowest BCUT2D eigenvalue weighted by molar-refractivity contribution is -0.384. The van der Waals surface area contributed by atoms with Gasteiger partial charge < -0.3 is 19.3 Å². The van der Waals surface area contributed by atoms with Crippen molar-refractivity contribution < 1.29 is 36.8 Å². The lowest BCUT2D eigenvalue weighted by Gasteiger charge is -2.42. The van der Waals surface area contributed by atoms with Crippen molar-refractivity contribution in [3.63, 3.8) is 0 Å². The summed E-state index contributed by atoms with van der Waals surface area (Å²) in [4.78, 5) is 66.0. The minimum Gasteiger partial charge on any atom is -0.486 e. The molecule has 4 aromatic rings. The van der Waals surface area contributed by atoms with E-state index >= 15 is 17.6 Å². The second kappa shape index (κ2) is 13.7. The Hall–Kier alpha value is -5.55. The first-order valence-corrected chi connectivity index (χ1v) is 17.3. The molecule has 6 rings (SSSR count). The van der Waals surface area contributed by atoms with E-state index in [0.717, 1.165) is 16.7 Å². The van der Waals surface area contributed by atoms with Gasteiger partial charge in [-0.2, -0.15) is 13.2 Å². The van der Waals surface area contributed by atoms with Gasteiger partial charge in [-0.25, -0.2) is 19.2 Å². The van der Waals surface area contributed by atoms with Gasteiger partial charge in [0.15, 0.2) is 11.5 Å². The van der Waals surface area contributed by atoms with Crippen LogP contribution in [0.3, 0.4) is 0 Å². The molecule has 1 amide bonds. The molecule has 0 saturated carbocycles. The van der Waals surface area contributed by atoms with Crippen LogP contribution in [0.15, 0.2) is 40.2 Å². The van der Waals surface area contributed by atoms with Crippen LogP contribution in [-0.2, 0) is 10.9 Å². The normalized spacial score (nSPS) is 16.3. The molecule has 0 unspecified atom stereocenters. The summed E-state index contributed by atoms with van der Waals surface area (Å²) in [7, 11) is 0. The van der Waals surface area contributed by atoms with Crippen LogP contribution < -0.4 is 20.8 Å². The molecule has 14 nitrogen and oxygen atoms in total. The number of piperazine rings is 1. The summed E-state index contributed by atoms with van der Waals surface area (Å²) in [6.45, 7) is 12.2. The van der Waals surface area contributed by atoms with Crippen LogP contribution in [0.5, 0.6) is 5.75 Å². The second-order valence-electron chi connectivity index (χ2n) is 14.8. The molecule has 5 heterocycles. The molecule has 18 heteroatoms. The van der Waals surface area contributed by atoms with Gasteiger partial charge in [-0.3, -0.25) is 28.8 Å². The van der Waals surface area contributed by atoms with Crippen molar-refractivity contribution in [1.29, 1.82) is 0 Å². The molecule has 0 N–H and O–H groups in total. The van der Waals surface area contributed by atoms with Gasteiger partial charge >= 0.3 is 12.3 Å². The van der Waals surface area contributed by atoms with Crippen molar-refractivity contribution in [3.8, 4) is 17.1 Å². The van der Waals surface area contributed by atoms with Gasteiger partial charge in [-0.05, 0) is 44.7 Å². The lowest BCUT2D eigenvalue weighted by Crippen LogP contribution is -2.55. The molecule has 2 aliphatic heterocycles. The number of anilines is 1. The first-order chi connectivity index (χ1) is 25.2. The van der Waals surface area contributed by atoms with Crippen molar-refractivity contribution >= 4 is 28.4 Å². The summed E-state index contributed by atoms with van der Waals surface area (Å²) in [6.07, 6.45) is -4.48. The van der Waals surface area contributed by atoms with Gasteiger partial charge in [-0.1, -0.05) is 33.8 Å². The number of amides is 1. The smallest absolute Gasteiger partial charge is 0.431 e. The predicted molar refractivity (Wildman–Crippen MR) is 190 cm³/mol. The topological polar surface area (TPSA) is 155 Å². The molecule has 0 bridgehead atoms. The van der Waals surface area contributed by atoms with Gasteiger partial charge in [0.25, 0.3) is 16.8 Å². The maximum absolute atomic E-state index is 15.6. The third-order valence-electron chi connectivity index (χ3n) is 9.27. The monoisotopic (exact) mass is 757 g/mol. The Bertz CT molecular complexity index is 2270. The quantitative estimate of drug-likeness (QED) is 0.126. The van der Waals surface area contributed by atoms with E-state index < -0.39 is 80.2 Å². The van der Waals surface area contributed by atoms with Gasteiger partial charge in [0.05, 0.1) is 40.3 Å². The second-order valence-corrected chi connectivity index (χ2v) is 14.8. The zero-order chi connectivity index (χ0) is 39.6. The number of benzene rings is 1. The maximum atomic E-state index is 15.6. The number of halogens is 4. The first-order valence-electron chi connectivity index (χ1n) is 17.3. The summed E-state index contributed by atoms with van der Waals surface area (Å²) in [5, 5.41) is 11.7. The van der Waals surface area contributed by atoms with Crippen LogP contribution in [0.4, 0.5) is 33.7 Å². The first kappa shape index (κ1) is 38.2. The molecule has 0 aliphatic carbocycles. The summed E-state index contributed by atoms with van der Waals surface area (Å²) in [5.41, 5.74) is -7.60. The number of hydrogen-bond acceptors (Lipinski definition) is 10. The number of pyridine rings is 2. The predicted octanol–water partition coefficient (Wildman–Crippen LogP) is 6.45. The molecule has 1 saturated heterocycles. The minimum atomic E-state index is -5.38. The molecule has 288 valence electrons. The number of ether oxygens (including phenoxy) is 2. The van der Waals surface area contributed by atoms with Crippen molar-refractivity contribution in [3.05, 3.63) is 84.3 Å². The number of nitro groups is 1. The van der Waals surface area contributed by atoms with Crippen molar-refractivity contribution in [2.45, 2.75) is 84.5 Å². The van der Waals surface area contributed by atoms with Crippen molar-refractivity contribution in [2.24, 2.45) is 0 Å². The standard InChI is InChI=1S/C36H39F4N7O7/c1-18(2)25-30(26(19(3)4)42-17-41-25)46-28-21(15-24(36(38,39)40)45(32(28)48)29-22(37)9-8-10-23(29)47(51)52)27-31(33(46)49)53-14-11-20-16-43(12-13-44(20)27)34(50)54-35(5,6)7/h8-10,15,17-20H,11-14,16H2,1-7H3/t20-/m0/s1. The number of rotatable bonds is 5. The van der Waals surface area contributed by atoms with Crippen LogP contribution in [0, 0.1) is 15.9 Å². The Kier molecular flexibility index (Phi) is 9.69. The van der Waals surface area contributed by atoms with E-state index in [-0.39, 0.29) is 71.1 Å². The molecule has 54 heavy (non-hydrogen) atoms. The van der Waals surface area contributed by atoms with E-state index in [1.54, 1.807) is 53.4 Å². The number of carbonyl (C=O) groups excluding carboxylic acids is 1. The number of fused-ring (bicyclic) bond motifs is 5. The molecule has 3 aromatic heterocycles. The Morgan fingerprint density at radius 3 is 2.20 bits per heavy atom. The van der Waals surface area contributed by atoms with Crippen LogP contribution in [0.25, 0.3) is 22.3 Å². The Labute approximate surface area is 306 Å². The highest BCUT2D eigenvalue weighted by molar-refractivity contribution is 5.97. The van der Waals surface area contributed by atoms with Crippen LogP contribution in [0.1, 0.15) is 83.8 Å². The Balaban J connectivity index is 1.79. The fourth-order valence-corrected chi connectivity index (χ4v) is 7.02. The summed E-state index contributed by atoms with van der Waals surface area (Å²) >= 11 is 0. The van der Waals surface area contributed by atoms with E-state index in [2.05, 4.69) is 9.97 Å². The Morgan fingerprint density at radius 1 is 0.981 bits per heavy atom. The minimum absolute atomic E-state index is 0.00494. The molecule has 0 radical (unpaired) electrons. The molecule has 1 fully saturated rings. The fraction of sp³-hybridized carbons (Fsp3) is 0.472. The van der Waals surface area contributed by atoms with Gasteiger partial charge in [0.1, 0.15) is 23.1 Å². The zero-order valence-electron chi connectivity index (χ0n) is 30.7. The number of nitrogens with zero attached hydrogens (tertiary/aromatic N) is 7. The Morgan fingerprint density at radius 2 is 1.63 bits per heavy atom. The highest BCUT2D eigenvalue weighted by Gasteiger charge is 2.43. The SMILES string of the molecule is CC(C)c1ncnc(C(C)C)c1-n1c(=O)c2c(c3cc(C(F)(F)F)n(-c4c(F)cccc4[N+](=O)[O-])c(=O)c31)N1CCN(C(=O)OC(C)(C)C)C[C@@H]1CCO2. The fourth-order valence-electron chi connectivity index (χ4n) is 7.02. The van der Waals surface area contributed by atoms with E-state index in [1.807, 2.05) is 0 Å². The van der Waals surface area contributed by atoms with Crippen LogP contribution in [-0.4, -0.2) is 72.9 Å². The lowest BCUT2D eigenvalue weighted by atomic mass is 10.00. The van der Waals surface area contributed by atoms with Crippen LogP contribution >= 0.6 is 0 Å². The molecule has 1 aromatic carbocycles. The summed E-state index contributed by atoms with van der Waals surface area (Å²) in [6, 6.07) is 2.39. The van der Waals surface area contributed by atoms with Gasteiger partial charge in [0.2, 0.25) is 5.75 Å². The highest BCUT2D eigenvalue weighted by atomic mass is 19.4. The third-order valence-corrected chi connectivity index (χ3v) is 9.27. The number of alkyl halides is 3. The summed E-state index contributed by atoms with van der Waals surface area (Å²) in [5.74, 6) is -2.64. The van der Waals surface area contributed by atoms with E-state index in [9.17, 15) is 24.5 Å². The molecule has 2 aliphatic rings. The van der Waals surface area contributed by atoms with E-state index in [0.29, 0.717) is 12.1 Å². The number of para-hydroxylation sites is 1. The number of hydrogen-bond donors (Lipinski definition) is 0. The van der Waals surface area contributed by atoms with E-state index in [1.165, 1.54) is 11.2 Å². The summed E-state index contributed by atoms with van der Waals surface area (Å²) < 4.78 is 73.8. The van der Waals surface area contributed by atoms with Crippen molar-refractivity contribution in [1.82, 2.24) is 24.0 Å².